The predicted octanol–water partition coefficient (Wildman–Crippen LogP) is 3.80. The van der Waals surface area contributed by atoms with Gasteiger partial charge in [-0.25, -0.2) is 0 Å². The molecule has 24 heavy (non-hydrogen) atoms. The van der Waals surface area contributed by atoms with Crippen LogP contribution in [0, 0.1) is 6.92 Å². The van der Waals surface area contributed by atoms with Crippen LogP contribution >= 0.6 is 0 Å². The second-order valence-electron chi connectivity index (χ2n) is 7.41. The molecule has 2 aromatic carbocycles. The molecule has 1 heterocycles. The largest absolute Gasteiger partial charge is 0.497 e. The number of nitrogens with zero attached hydrogens (tertiary/aromatic N) is 1. The number of fused-ring (bicyclic) bond motifs is 1. The van der Waals surface area contributed by atoms with Gasteiger partial charge in [0.05, 0.1) is 7.11 Å². The minimum Gasteiger partial charge on any atom is -0.497 e. The van der Waals surface area contributed by atoms with Gasteiger partial charge in [0.15, 0.2) is 0 Å². The molecule has 128 valence electrons. The summed E-state index contributed by atoms with van der Waals surface area (Å²) in [7, 11) is 1.70. The van der Waals surface area contributed by atoms with Gasteiger partial charge in [0.1, 0.15) is 5.75 Å². The normalized spacial score (nSPS) is 17.8. The van der Waals surface area contributed by atoms with E-state index >= 15 is 0 Å². The summed E-state index contributed by atoms with van der Waals surface area (Å²) in [6, 6.07) is 15.3. The Kier molecular flexibility index (Phi) is 4.66. The van der Waals surface area contributed by atoms with Gasteiger partial charge >= 0.3 is 0 Å². The fourth-order valence-electron chi connectivity index (χ4n) is 3.85. The molecule has 0 fully saturated rings. The zero-order valence-corrected chi connectivity index (χ0v) is 15.2. The maximum atomic E-state index is 6.13. The van der Waals surface area contributed by atoms with Gasteiger partial charge in [-0.1, -0.05) is 44.2 Å². The number of methoxy groups -OCH3 is 1. The smallest absolute Gasteiger partial charge is 0.118 e. The molecule has 1 unspecified atom stereocenters. The van der Waals surface area contributed by atoms with Gasteiger partial charge in [0.25, 0.3) is 0 Å². The number of rotatable bonds is 5. The second kappa shape index (κ2) is 6.58. The van der Waals surface area contributed by atoms with Gasteiger partial charge in [-0.3, -0.25) is 4.90 Å². The highest BCUT2D eigenvalue weighted by Gasteiger charge is 2.34. The molecule has 0 aliphatic carbocycles. The predicted molar refractivity (Wildman–Crippen MR) is 99.4 cm³/mol. The van der Waals surface area contributed by atoms with E-state index in [1.807, 2.05) is 12.1 Å². The fraction of sp³-hybridized carbons (Fsp3) is 0.429. The third kappa shape index (κ3) is 3.06. The van der Waals surface area contributed by atoms with Crippen LogP contribution in [0.15, 0.2) is 42.5 Å². The van der Waals surface area contributed by atoms with E-state index in [2.05, 4.69) is 56.0 Å². The molecule has 2 aromatic rings. The maximum absolute atomic E-state index is 6.13. The number of hydrogen-bond acceptors (Lipinski definition) is 3. The highest BCUT2D eigenvalue weighted by atomic mass is 16.5. The molecule has 1 aliphatic heterocycles. The number of aryl methyl sites for hydroxylation is 1. The number of ether oxygens (including phenoxy) is 1. The lowest BCUT2D eigenvalue weighted by molar-refractivity contribution is 0.178. The molecule has 0 bridgehead atoms. The highest BCUT2D eigenvalue weighted by molar-refractivity contribution is 5.40. The zero-order valence-electron chi connectivity index (χ0n) is 15.2. The molecular weight excluding hydrogens is 296 g/mol. The Bertz CT molecular complexity index is 706. The number of hydrogen-bond donors (Lipinski definition) is 1. The highest BCUT2D eigenvalue weighted by Crippen LogP contribution is 2.37. The van der Waals surface area contributed by atoms with Crippen LogP contribution in [0.1, 0.15) is 42.1 Å². The van der Waals surface area contributed by atoms with Crippen molar-refractivity contribution < 1.29 is 4.74 Å². The molecule has 0 saturated carbocycles. The maximum Gasteiger partial charge on any atom is 0.118 e. The first-order valence-electron chi connectivity index (χ1n) is 8.63. The monoisotopic (exact) mass is 324 g/mol. The molecule has 1 aliphatic rings. The molecule has 2 N–H and O–H groups in total. The summed E-state index contributed by atoms with van der Waals surface area (Å²) in [6.45, 7) is 9.44. The fourth-order valence-corrected chi connectivity index (χ4v) is 3.85. The Balaban J connectivity index is 1.83. The summed E-state index contributed by atoms with van der Waals surface area (Å²) in [5, 5.41) is 0. The van der Waals surface area contributed by atoms with Gasteiger partial charge in [0.2, 0.25) is 0 Å². The van der Waals surface area contributed by atoms with E-state index in [9.17, 15) is 0 Å². The Morgan fingerprint density at radius 2 is 1.88 bits per heavy atom. The van der Waals surface area contributed by atoms with Gasteiger partial charge in [0, 0.05) is 31.1 Å². The third-order valence-electron chi connectivity index (χ3n) is 5.30. The molecule has 0 saturated heterocycles. The first-order valence-corrected chi connectivity index (χ1v) is 8.63. The van der Waals surface area contributed by atoms with Crippen molar-refractivity contribution in [3.05, 3.63) is 64.7 Å². The molecular formula is C21H28N2O. The van der Waals surface area contributed by atoms with Crippen LogP contribution in [0.4, 0.5) is 0 Å². The van der Waals surface area contributed by atoms with Crippen LogP contribution in [-0.2, 0) is 12.0 Å². The Labute approximate surface area is 145 Å². The zero-order chi connectivity index (χ0) is 17.3. The van der Waals surface area contributed by atoms with E-state index in [4.69, 9.17) is 10.5 Å². The van der Waals surface area contributed by atoms with Crippen molar-refractivity contribution >= 4 is 0 Å². The standard InChI is InChI=1S/C21H28N2O/c1-15-6-5-7-18-19(15)13-23(20(18)12-22)14-21(2,3)16-8-10-17(24-4)11-9-16/h5-11,20H,12-14,22H2,1-4H3. The molecule has 0 spiro atoms. The Morgan fingerprint density at radius 1 is 1.17 bits per heavy atom. The quantitative estimate of drug-likeness (QED) is 0.909. The van der Waals surface area contributed by atoms with Crippen molar-refractivity contribution in [2.24, 2.45) is 5.73 Å². The molecule has 3 nitrogen and oxygen atoms in total. The number of benzene rings is 2. The topological polar surface area (TPSA) is 38.5 Å². The third-order valence-corrected chi connectivity index (χ3v) is 5.30. The van der Waals surface area contributed by atoms with Crippen molar-refractivity contribution in [1.82, 2.24) is 4.90 Å². The van der Waals surface area contributed by atoms with Crippen LogP contribution in [-0.4, -0.2) is 25.1 Å². The number of nitrogens with two attached hydrogens (primary N) is 1. The summed E-state index contributed by atoms with van der Waals surface area (Å²) >= 11 is 0. The minimum absolute atomic E-state index is 0.0512. The summed E-state index contributed by atoms with van der Waals surface area (Å²) in [5.74, 6) is 0.901. The Hall–Kier alpha value is -1.84. The first kappa shape index (κ1) is 17.0. The van der Waals surface area contributed by atoms with Crippen molar-refractivity contribution in [2.45, 2.75) is 38.8 Å². The minimum atomic E-state index is 0.0512. The van der Waals surface area contributed by atoms with Crippen molar-refractivity contribution in [3.8, 4) is 5.75 Å². The lowest BCUT2D eigenvalue weighted by atomic mass is 9.84. The van der Waals surface area contributed by atoms with Gasteiger partial charge in [-0.15, -0.1) is 0 Å². The van der Waals surface area contributed by atoms with Gasteiger partial charge < -0.3 is 10.5 Å². The van der Waals surface area contributed by atoms with Crippen LogP contribution in [0.5, 0.6) is 5.75 Å². The lowest BCUT2D eigenvalue weighted by Crippen LogP contribution is -2.38. The lowest BCUT2D eigenvalue weighted by Gasteiger charge is -2.34. The van der Waals surface area contributed by atoms with E-state index in [0.717, 1.165) is 18.8 Å². The molecule has 1 atom stereocenters. The summed E-state index contributed by atoms with van der Waals surface area (Å²) < 4.78 is 5.28. The Morgan fingerprint density at radius 3 is 2.50 bits per heavy atom. The van der Waals surface area contributed by atoms with Crippen LogP contribution < -0.4 is 10.5 Å². The average Bonchev–Trinajstić information content (AvgIpc) is 2.92. The summed E-state index contributed by atoms with van der Waals surface area (Å²) in [4.78, 5) is 2.53. The van der Waals surface area contributed by atoms with Crippen molar-refractivity contribution in [3.63, 3.8) is 0 Å². The second-order valence-corrected chi connectivity index (χ2v) is 7.41. The van der Waals surface area contributed by atoms with E-state index in [1.165, 1.54) is 22.3 Å². The van der Waals surface area contributed by atoms with Crippen LogP contribution in [0.25, 0.3) is 0 Å². The van der Waals surface area contributed by atoms with E-state index < -0.39 is 0 Å². The van der Waals surface area contributed by atoms with E-state index in [0.29, 0.717) is 12.6 Å². The first-order chi connectivity index (χ1) is 11.5. The summed E-state index contributed by atoms with van der Waals surface area (Å²) in [6.07, 6.45) is 0. The average molecular weight is 324 g/mol. The van der Waals surface area contributed by atoms with E-state index in [-0.39, 0.29) is 5.41 Å². The van der Waals surface area contributed by atoms with Crippen LogP contribution in [0.2, 0.25) is 0 Å². The molecule has 3 heteroatoms. The van der Waals surface area contributed by atoms with Crippen LogP contribution in [0.3, 0.4) is 0 Å². The molecule has 3 rings (SSSR count). The SMILES string of the molecule is COc1ccc(C(C)(C)CN2Cc3c(C)cccc3C2CN)cc1. The van der Waals surface area contributed by atoms with E-state index in [1.54, 1.807) is 7.11 Å². The molecule has 0 aromatic heterocycles. The molecule has 0 radical (unpaired) electrons. The molecule has 0 amide bonds. The van der Waals surface area contributed by atoms with Crippen molar-refractivity contribution in [1.29, 1.82) is 0 Å². The summed E-state index contributed by atoms with van der Waals surface area (Å²) in [5.41, 5.74) is 11.7. The van der Waals surface area contributed by atoms with Gasteiger partial charge in [-0.05, 0) is 41.3 Å². The van der Waals surface area contributed by atoms with Crippen molar-refractivity contribution in [2.75, 3.05) is 20.2 Å². The van der Waals surface area contributed by atoms with Gasteiger partial charge in [-0.2, -0.15) is 0 Å².